The van der Waals surface area contributed by atoms with E-state index in [2.05, 4.69) is 17.1 Å². The van der Waals surface area contributed by atoms with Crippen LogP contribution in [0.2, 0.25) is 0 Å². The van der Waals surface area contributed by atoms with E-state index >= 15 is 0 Å². The lowest BCUT2D eigenvalue weighted by molar-refractivity contribution is -0.126. The standard InChI is InChI=1S/C12H25N3O.ClH/c1-3-6-14-12(16)10(2)15-7-4-11(9-13)5-8-15;/h10-11H,3-9,13H2,1-2H3,(H,14,16);1H. The fourth-order valence-electron chi connectivity index (χ4n) is 2.14. The smallest absolute Gasteiger partial charge is 0.237 e. The number of halogens is 1. The van der Waals surface area contributed by atoms with Crippen LogP contribution in [0.1, 0.15) is 33.1 Å². The van der Waals surface area contributed by atoms with Crippen molar-refractivity contribution in [2.45, 2.75) is 39.2 Å². The van der Waals surface area contributed by atoms with Gasteiger partial charge in [0.25, 0.3) is 0 Å². The molecule has 0 saturated carbocycles. The van der Waals surface area contributed by atoms with Gasteiger partial charge in [0.05, 0.1) is 6.04 Å². The molecule has 0 radical (unpaired) electrons. The van der Waals surface area contributed by atoms with Gasteiger partial charge in [0.15, 0.2) is 0 Å². The molecule has 102 valence electrons. The normalized spacial score (nSPS) is 19.5. The summed E-state index contributed by atoms with van der Waals surface area (Å²) in [4.78, 5) is 14.0. The van der Waals surface area contributed by atoms with Gasteiger partial charge in [-0.1, -0.05) is 6.92 Å². The average molecular weight is 264 g/mol. The summed E-state index contributed by atoms with van der Waals surface area (Å²) in [5, 5.41) is 2.95. The molecule has 1 fully saturated rings. The lowest BCUT2D eigenvalue weighted by atomic mass is 9.96. The molecular weight excluding hydrogens is 238 g/mol. The van der Waals surface area contributed by atoms with E-state index in [1.807, 2.05) is 6.92 Å². The molecule has 17 heavy (non-hydrogen) atoms. The van der Waals surface area contributed by atoms with Crippen molar-refractivity contribution in [1.82, 2.24) is 10.2 Å². The lowest BCUT2D eigenvalue weighted by Gasteiger charge is -2.34. The maximum atomic E-state index is 11.8. The van der Waals surface area contributed by atoms with Gasteiger partial charge in [-0.2, -0.15) is 0 Å². The fourth-order valence-corrected chi connectivity index (χ4v) is 2.14. The second-order valence-electron chi connectivity index (χ2n) is 4.68. The summed E-state index contributed by atoms with van der Waals surface area (Å²) < 4.78 is 0. The number of nitrogens with zero attached hydrogens (tertiary/aromatic N) is 1. The summed E-state index contributed by atoms with van der Waals surface area (Å²) in [5.41, 5.74) is 5.65. The molecule has 1 saturated heterocycles. The number of piperidine rings is 1. The summed E-state index contributed by atoms with van der Waals surface area (Å²) in [6.45, 7) is 7.63. The number of hydrogen-bond donors (Lipinski definition) is 2. The molecule has 1 aliphatic heterocycles. The van der Waals surface area contributed by atoms with Crippen molar-refractivity contribution < 1.29 is 4.79 Å². The highest BCUT2D eigenvalue weighted by Crippen LogP contribution is 2.17. The molecule has 0 aromatic carbocycles. The number of rotatable bonds is 5. The van der Waals surface area contributed by atoms with E-state index in [0.29, 0.717) is 5.92 Å². The van der Waals surface area contributed by atoms with E-state index in [0.717, 1.165) is 45.4 Å². The average Bonchev–Trinajstić information content (AvgIpc) is 2.35. The van der Waals surface area contributed by atoms with Crippen LogP contribution in [0, 0.1) is 5.92 Å². The second-order valence-corrected chi connectivity index (χ2v) is 4.68. The topological polar surface area (TPSA) is 58.4 Å². The van der Waals surface area contributed by atoms with Crippen LogP contribution < -0.4 is 11.1 Å². The Labute approximate surface area is 111 Å². The molecule has 1 aliphatic rings. The van der Waals surface area contributed by atoms with Gasteiger partial charge in [-0.15, -0.1) is 12.4 Å². The number of amides is 1. The van der Waals surface area contributed by atoms with Crippen molar-refractivity contribution in [2.24, 2.45) is 11.7 Å². The lowest BCUT2D eigenvalue weighted by Crippen LogP contribution is -2.48. The molecule has 1 rings (SSSR count). The van der Waals surface area contributed by atoms with Crippen LogP contribution in [-0.2, 0) is 4.79 Å². The molecule has 1 unspecified atom stereocenters. The molecule has 0 aliphatic carbocycles. The number of hydrogen-bond acceptors (Lipinski definition) is 3. The largest absolute Gasteiger partial charge is 0.355 e. The van der Waals surface area contributed by atoms with Crippen molar-refractivity contribution in [1.29, 1.82) is 0 Å². The number of nitrogens with two attached hydrogens (primary N) is 1. The third-order valence-electron chi connectivity index (χ3n) is 3.46. The minimum Gasteiger partial charge on any atom is -0.355 e. The Morgan fingerprint density at radius 2 is 2.06 bits per heavy atom. The molecule has 0 aromatic rings. The summed E-state index contributed by atoms with van der Waals surface area (Å²) >= 11 is 0. The third kappa shape index (κ3) is 5.23. The fraction of sp³-hybridized carbons (Fsp3) is 0.917. The van der Waals surface area contributed by atoms with Gasteiger partial charge in [-0.05, 0) is 51.7 Å². The first-order valence-electron chi connectivity index (χ1n) is 6.40. The van der Waals surface area contributed by atoms with Gasteiger partial charge in [-0.25, -0.2) is 0 Å². The first kappa shape index (κ1) is 16.7. The molecule has 1 amide bonds. The Morgan fingerprint density at radius 1 is 1.47 bits per heavy atom. The highest BCUT2D eigenvalue weighted by molar-refractivity contribution is 5.85. The first-order chi connectivity index (χ1) is 7.69. The van der Waals surface area contributed by atoms with Crippen molar-refractivity contribution in [2.75, 3.05) is 26.2 Å². The molecule has 0 aromatic heterocycles. The zero-order valence-electron chi connectivity index (χ0n) is 10.9. The molecule has 3 N–H and O–H groups in total. The van der Waals surface area contributed by atoms with Crippen LogP contribution >= 0.6 is 12.4 Å². The summed E-state index contributed by atoms with van der Waals surface area (Å²) in [5.74, 6) is 0.815. The van der Waals surface area contributed by atoms with Crippen LogP contribution in [0.15, 0.2) is 0 Å². The van der Waals surface area contributed by atoms with Crippen LogP contribution in [0.4, 0.5) is 0 Å². The van der Waals surface area contributed by atoms with Crippen molar-refractivity contribution in [3.63, 3.8) is 0 Å². The van der Waals surface area contributed by atoms with E-state index in [-0.39, 0.29) is 24.4 Å². The molecule has 1 atom stereocenters. The highest BCUT2D eigenvalue weighted by Gasteiger charge is 2.25. The first-order valence-corrected chi connectivity index (χ1v) is 6.40. The summed E-state index contributed by atoms with van der Waals surface area (Å²) in [6, 6.07) is 0.00488. The van der Waals surface area contributed by atoms with Crippen molar-refractivity contribution >= 4 is 18.3 Å². The second kappa shape index (κ2) is 8.72. The predicted molar refractivity (Wildman–Crippen MR) is 73.4 cm³/mol. The number of carbonyl (C=O) groups excluding carboxylic acids is 1. The van der Waals surface area contributed by atoms with Gasteiger partial charge in [0.1, 0.15) is 0 Å². The van der Waals surface area contributed by atoms with E-state index in [1.54, 1.807) is 0 Å². The molecular formula is C12H26ClN3O. The molecule has 1 heterocycles. The van der Waals surface area contributed by atoms with Crippen LogP contribution in [0.3, 0.4) is 0 Å². The van der Waals surface area contributed by atoms with Gasteiger partial charge in [-0.3, -0.25) is 9.69 Å². The van der Waals surface area contributed by atoms with Crippen molar-refractivity contribution in [3.8, 4) is 0 Å². The van der Waals surface area contributed by atoms with Crippen LogP contribution in [-0.4, -0.2) is 43.0 Å². The minimum absolute atomic E-state index is 0. The Kier molecular flexibility index (Phi) is 8.56. The Balaban J connectivity index is 0.00000256. The summed E-state index contributed by atoms with van der Waals surface area (Å²) in [6.07, 6.45) is 3.25. The molecule has 5 heteroatoms. The Hall–Kier alpha value is -0.320. The van der Waals surface area contributed by atoms with Crippen LogP contribution in [0.25, 0.3) is 0 Å². The minimum atomic E-state index is 0. The Bertz CT molecular complexity index is 218. The molecule has 0 spiro atoms. The van der Waals surface area contributed by atoms with Gasteiger partial charge in [0.2, 0.25) is 5.91 Å². The maximum absolute atomic E-state index is 11.8. The predicted octanol–water partition coefficient (Wildman–Crippen LogP) is 0.994. The Morgan fingerprint density at radius 3 is 2.53 bits per heavy atom. The quantitative estimate of drug-likeness (QED) is 0.778. The van der Waals surface area contributed by atoms with Gasteiger partial charge < -0.3 is 11.1 Å². The molecule has 0 bridgehead atoms. The van der Waals surface area contributed by atoms with E-state index in [9.17, 15) is 4.79 Å². The number of nitrogens with one attached hydrogen (secondary N) is 1. The monoisotopic (exact) mass is 263 g/mol. The zero-order valence-corrected chi connectivity index (χ0v) is 11.8. The highest BCUT2D eigenvalue weighted by atomic mass is 35.5. The van der Waals surface area contributed by atoms with E-state index in [1.165, 1.54) is 0 Å². The van der Waals surface area contributed by atoms with Gasteiger partial charge >= 0.3 is 0 Å². The van der Waals surface area contributed by atoms with E-state index in [4.69, 9.17) is 5.73 Å². The van der Waals surface area contributed by atoms with Gasteiger partial charge in [0, 0.05) is 6.54 Å². The van der Waals surface area contributed by atoms with E-state index < -0.39 is 0 Å². The SMILES string of the molecule is CCCNC(=O)C(C)N1CCC(CN)CC1.Cl. The third-order valence-corrected chi connectivity index (χ3v) is 3.46. The number of likely N-dealkylation sites (tertiary alicyclic amines) is 1. The summed E-state index contributed by atoms with van der Waals surface area (Å²) in [7, 11) is 0. The maximum Gasteiger partial charge on any atom is 0.237 e. The van der Waals surface area contributed by atoms with Crippen molar-refractivity contribution in [3.05, 3.63) is 0 Å². The molecule has 4 nitrogen and oxygen atoms in total. The zero-order chi connectivity index (χ0) is 12.0. The van der Waals surface area contributed by atoms with Crippen LogP contribution in [0.5, 0.6) is 0 Å². The number of carbonyl (C=O) groups is 1.